The molecule has 1 aromatic heterocycles. The lowest BCUT2D eigenvalue weighted by molar-refractivity contribution is 0.445. The van der Waals surface area contributed by atoms with Crippen LogP contribution in [0.1, 0.15) is 45.9 Å². The van der Waals surface area contributed by atoms with Crippen molar-refractivity contribution in [1.82, 2.24) is 9.88 Å². The highest BCUT2D eigenvalue weighted by Gasteiger charge is 2.20. The van der Waals surface area contributed by atoms with Crippen LogP contribution < -0.4 is 10.9 Å². The number of rotatable bonds is 4. The zero-order valence-electron chi connectivity index (χ0n) is 12.5. The Labute approximate surface area is 110 Å². The predicted molar refractivity (Wildman–Crippen MR) is 77.0 cm³/mol. The molecule has 0 atom stereocenters. The highest BCUT2D eigenvalue weighted by molar-refractivity contribution is 5.21. The zero-order valence-corrected chi connectivity index (χ0v) is 12.5. The Morgan fingerprint density at radius 1 is 1.28 bits per heavy atom. The third-order valence-electron chi connectivity index (χ3n) is 2.94. The van der Waals surface area contributed by atoms with Crippen LogP contribution in [0.25, 0.3) is 0 Å². The molecule has 3 nitrogen and oxygen atoms in total. The maximum absolute atomic E-state index is 12.5. The first-order valence-electron chi connectivity index (χ1n) is 6.65. The second-order valence-corrected chi connectivity index (χ2v) is 6.33. The number of aromatic nitrogens is 1. The quantitative estimate of drug-likeness (QED) is 0.891. The average Bonchev–Trinajstić information content (AvgIpc) is 2.22. The number of nitrogens with one attached hydrogen (secondary N) is 1. The predicted octanol–water partition coefficient (Wildman–Crippen LogP) is 2.52. The average molecular weight is 250 g/mol. The van der Waals surface area contributed by atoms with Gasteiger partial charge in [0.25, 0.3) is 5.56 Å². The standard InChI is InChI=1S/C15H26N2O/c1-11(2)10-17-13(15(3,4)5)8-7-12(9-16-6)14(17)18/h7-8,11,16H,9-10H2,1-6H3. The van der Waals surface area contributed by atoms with Crippen LogP contribution in [0.15, 0.2) is 16.9 Å². The van der Waals surface area contributed by atoms with E-state index in [1.54, 1.807) is 0 Å². The van der Waals surface area contributed by atoms with E-state index in [4.69, 9.17) is 0 Å². The fraction of sp³-hybridized carbons (Fsp3) is 0.667. The number of nitrogens with zero attached hydrogens (tertiary/aromatic N) is 1. The highest BCUT2D eigenvalue weighted by atomic mass is 16.1. The van der Waals surface area contributed by atoms with Gasteiger partial charge in [-0.15, -0.1) is 0 Å². The molecule has 102 valence electrons. The molecule has 0 bridgehead atoms. The van der Waals surface area contributed by atoms with Crippen LogP contribution in [0.3, 0.4) is 0 Å². The van der Waals surface area contributed by atoms with E-state index in [2.05, 4.69) is 46.0 Å². The van der Waals surface area contributed by atoms with Gasteiger partial charge in [-0.25, -0.2) is 0 Å². The van der Waals surface area contributed by atoms with Crippen molar-refractivity contribution in [3.8, 4) is 0 Å². The summed E-state index contributed by atoms with van der Waals surface area (Å²) in [6.07, 6.45) is 0. The zero-order chi connectivity index (χ0) is 13.9. The summed E-state index contributed by atoms with van der Waals surface area (Å²) in [4.78, 5) is 12.5. The van der Waals surface area contributed by atoms with Crippen molar-refractivity contribution in [3.05, 3.63) is 33.7 Å². The van der Waals surface area contributed by atoms with Gasteiger partial charge in [0, 0.05) is 29.8 Å². The second-order valence-electron chi connectivity index (χ2n) is 6.33. The minimum absolute atomic E-state index is 0.00772. The van der Waals surface area contributed by atoms with Gasteiger partial charge in [0.2, 0.25) is 0 Å². The van der Waals surface area contributed by atoms with Crippen LogP contribution >= 0.6 is 0 Å². The topological polar surface area (TPSA) is 34.0 Å². The molecular weight excluding hydrogens is 224 g/mol. The Bertz CT molecular complexity index is 453. The van der Waals surface area contributed by atoms with Crippen LogP contribution in [0.4, 0.5) is 0 Å². The van der Waals surface area contributed by atoms with Gasteiger partial charge >= 0.3 is 0 Å². The largest absolute Gasteiger partial charge is 0.315 e. The molecule has 1 N–H and O–H groups in total. The van der Waals surface area contributed by atoms with E-state index in [1.165, 1.54) is 0 Å². The van der Waals surface area contributed by atoms with Gasteiger partial charge in [-0.1, -0.05) is 40.7 Å². The monoisotopic (exact) mass is 250 g/mol. The fourth-order valence-corrected chi connectivity index (χ4v) is 2.15. The molecule has 1 aromatic rings. The van der Waals surface area contributed by atoms with E-state index >= 15 is 0 Å². The molecule has 0 spiro atoms. The molecule has 0 unspecified atom stereocenters. The van der Waals surface area contributed by atoms with Gasteiger partial charge in [-0.05, 0) is 19.0 Å². The third-order valence-corrected chi connectivity index (χ3v) is 2.94. The van der Waals surface area contributed by atoms with E-state index in [9.17, 15) is 4.79 Å². The van der Waals surface area contributed by atoms with Crippen LogP contribution in [0.5, 0.6) is 0 Å². The molecule has 1 heterocycles. The number of hydrogen-bond acceptors (Lipinski definition) is 2. The molecule has 0 aliphatic rings. The second kappa shape index (κ2) is 5.70. The molecule has 18 heavy (non-hydrogen) atoms. The Hall–Kier alpha value is -1.09. The number of hydrogen-bond donors (Lipinski definition) is 1. The van der Waals surface area contributed by atoms with Crippen LogP contribution in [0, 0.1) is 5.92 Å². The Balaban J connectivity index is 3.37. The third kappa shape index (κ3) is 3.45. The lowest BCUT2D eigenvalue weighted by Gasteiger charge is -2.25. The summed E-state index contributed by atoms with van der Waals surface area (Å²) in [6.45, 7) is 12.1. The summed E-state index contributed by atoms with van der Waals surface area (Å²) in [5.41, 5.74) is 2.09. The van der Waals surface area contributed by atoms with Crippen molar-refractivity contribution in [2.75, 3.05) is 7.05 Å². The smallest absolute Gasteiger partial charge is 0.255 e. The van der Waals surface area contributed by atoms with Crippen molar-refractivity contribution < 1.29 is 0 Å². The van der Waals surface area contributed by atoms with E-state index in [-0.39, 0.29) is 11.0 Å². The van der Waals surface area contributed by atoms with Crippen molar-refractivity contribution in [1.29, 1.82) is 0 Å². The Morgan fingerprint density at radius 3 is 2.33 bits per heavy atom. The Morgan fingerprint density at radius 2 is 1.89 bits per heavy atom. The lowest BCUT2D eigenvalue weighted by Crippen LogP contribution is -2.34. The maximum atomic E-state index is 12.5. The summed E-state index contributed by atoms with van der Waals surface area (Å²) in [7, 11) is 1.86. The fourth-order valence-electron chi connectivity index (χ4n) is 2.15. The van der Waals surface area contributed by atoms with Crippen molar-refractivity contribution in [3.63, 3.8) is 0 Å². The molecule has 0 radical (unpaired) electrons. The summed E-state index contributed by atoms with van der Waals surface area (Å²) < 4.78 is 1.94. The van der Waals surface area contributed by atoms with Gasteiger partial charge < -0.3 is 9.88 Å². The van der Waals surface area contributed by atoms with Crippen LogP contribution in [-0.2, 0) is 18.5 Å². The SMILES string of the molecule is CNCc1ccc(C(C)(C)C)n(CC(C)C)c1=O. The maximum Gasteiger partial charge on any atom is 0.255 e. The van der Waals surface area contributed by atoms with Gasteiger partial charge in [-0.2, -0.15) is 0 Å². The summed E-state index contributed by atoms with van der Waals surface area (Å²) in [5.74, 6) is 0.466. The van der Waals surface area contributed by atoms with Gasteiger partial charge in [0.05, 0.1) is 0 Å². The normalized spacial score (nSPS) is 12.2. The van der Waals surface area contributed by atoms with Gasteiger partial charge in [-0.3, -0.25) is 4.79 Å². The number of pyridine rings is 1. The van der Waals surface area contributed by atoms with Gasteiger partial charge in [0.15, 0.2) is 0 Å². The molecule has 0 amide bonds. The molecule has 0 saturated carbocycles. The van der Waals surface area contributed by atoms with E-state index < -0.39 is 0 Å². The van der Waals surface area contributed by atoms with E-state index in [0.717, 1.165) is 17.8 Å². The summed E-state index contributed by atoms with van der Waals surface area (Å²) in [6, 6.07) is 4.05. The molecule has 3 heteroatoms. The lowest BCUT2D eigenvalue weighted by atomic mass is 9.90. The molecule has 0 saturated heterocycles. The minimum Gasteiger partial charge on any atom is -0.315 e. The first-order valence-corrected chi connectivity index (χ1v) is 6.65. The first kappa shape index (κ1) is 15.0. The molecule has 0 fully saturated rings. The van der Waals surface area contributed by atoms with Crippen molar-refractivity contribution >= 4 is 0 Å². The molecule has 0 aliphatic heterocycles. The van der Waals surface area contributed by atoms with Crippen LogP contribution in [-0.4, -0.2) is 11.6 Å². The highest BCUT2D eigenvalue weighted by Crippen LogP contribution is 2.21. The molecule has 0 aromatic carbocycles. The van der Waals surface area contributed by atoms with Gasteiger partial charge in [0.1, 0.15) is 0 Å². The van der Waals surface area contributed by atoms with Crippen LogP contribution in [0.2, 0.25) is 0 Å². The minimum atomic E-state index is -0.00772. The van der Waals surface area contributed by atoms with E-state index in [0.29, 0.717) is 12.5 Å². The van der Waals surface area contributed by atoms with Crippen molar-refractivity contribution in [2.24, 2.45) is 5.92 Å². The van der Waals surface area contributed by atoms with Crippen molar-refractivity contribution in [2.45, 2.75) is 53.1 Å². The molecule has 0 aliphatic carbocycles. The Kier molecular flexibility index (Phi) is 4.74. The first-order chi connectivity index (χ1) is 8.27. The van der Waals surface area contributed by atoms with E-state index in [1.807, 2.05) is 17.7 Å². The molecule has 1 rings (SSSR count). The summed E-state index contributed by atoms with van der Waals surface area (Å²) >= 11 is 0. The summed E-state index contributed by atoms with van der Waals surface area (Å²) in [5, 5.41) is 3.05. The molecular formula is C15H26N2O.